The van der Waals surface area contributed by atoms with Crippen molar-refractivity contribution in [1.29, 1.82) is 0 Å². The number of rotatable bonds is 5. The summed E-state index contributed by atoms with van der Waals surface area (Å²) >= 11 is 0. The predicted octanol–water partition coefficient (Wildman–Crippen LogP) is 0.571. The van der Waals surface area contributed by atoms with Crippen molar-refractivity contribution < 1.29 is 9.72 Å². The maximum atomic E-state index is 11.1. The molecule has 1 heterocycles. The van der Waals surface area contributed by atoms with Crippen LogP contribution in [0.25, 0.3) is 0 Å². The summed E-state index contributed by atoms with van der Waals surface area (Å²) < 4.78 is 0. The van der Waals surface area contributed by atoms with Gasteiger partial charge >= 0.3 is 5.69 Å². The molecule has 0 aliphatic carbocycles. The van der Waals surface area contributed by atoms with Gasteiger partial charge in [0, 0.05) is 19.0 Å². The van der Waals surface area contributed by atoms with Crippen molar-refractivity contribution in [3.8, 4) is 0 Å². The summed E-state index contributed by atoms with van der Waals surface area (Å²) in [6, 6.07) is 4.80. The van der Waals surface area contributed by atoms with Crippen LogP contribution < -0.4 is 21.9 Å². The first-order valence-corrected chi connectivity index (χ1v) is 5.89. The van der Waals surface area contributed by atoms with Crippen molar-refractivity contribution in [1.82, 2.24) is 5.32 Å². The number of hydrogen-bond acceptors (Lipinski definition) is 6. The number of carbonyl (C=O) groups excluding carboxylic acids is 1. The van der Waals surface area contributed by atoms with Crippen molar-refractivity contribution >= 4 is 23.0 Å². The van der Waals surface area contributed by atoms with Crippen molar-refractivity contribution in [2.45, 2.75) is 18.9 Å². The molecule has 1 unspecified atom stereocenters. The average Bonchev–Trinajstić information content (AvgIpc) is 2.81. The van der Waals surface area contributed by atoms with Gasteiger partial charge in [-0.25, -0.2) is 0 Å². The zero-order valence-corrected chi connectivity index (χ0v) is 10.2. The highest BCUT2D eigenvalue weighted by atomic mass is 16.6. The Morgan fingerprint density at radius 1 is 1.47 bits per heavy atom. The summed E-state index contributed by atoms with van der Waals surface area (Å²) in [7, 11) is 0. The van der Waals surface area contributed by atoms with E-state index in [1.165, 1.54) is 6.07 Å². The van der Waals surface area contributed by atoms with Crippen LogP contribution >= 0.6 is 0 Å². The molecule has 0 saturated carbocycles. The van der Waals surface area contributed by atoms with E-state index in [-0.39, 0.29) is 23.3 Å². The molecule has 19 heavy (non-hydrogen) atoms. The SMILES string of the molecule is NNc1cccc(NCC2CCC(=O)N2)c1[N+](=O)[O-]. The molecule has 1 saturated heterocycles. The number of nitro benzene ring substituents is 1. The van der Waals surface area contributed by atoms with Gasteiger partial charge in [0.2, 0.25) is 5.91 Å². The molecule has 1 aliphatic rings. The van der Waals surface area contributed by atoms with Gasteiger partial charge in [-0.3, -0.25) is 20.8 Å². The molecule has 0 aromatic heterocycles. The standard InChI is InChI=1S/C11H15N5O3/c12-15-9-3-1-2-8(11(9)16(18)19)13-6-7-4-5-10(17)14-7/h1-3,7,13,15H,4-6,12H2,(H,14,17). The molecule has 2 rings (SSSR count). The Morgan fingerprint density at radius 2 is 2.21 bits per heavy atom. The number of amides is 1. The van der Waals surface area contributed by atoms with Gasteiger partial charge in [-0.2, -0.15) is 0 Å². The van der Waals surface area contributed by atoms with Crippen LogP contribution in [0.15, 0.2) is 18.2 Å². The Kier molecular flexibility index (Phi) is 3.81. The Morgan fingerprint density at radius 3 is 2.79 bits per heavy atom. The van der Waals surface area contributed by atoms with Gasteiger partial charge in [-0.1, -0.05) is 6.07 Å². The van der Waals surface area contributed by atoms with E-state index in [1.54, 1.807) is 12.1 Å². The van der Waals surface area contributed by atoms with E-state index in [9.17, 15) is 14.9 Å². The van der Waals surface area contributed by atoms with Crippen LogP contribution in [0, 0.1) is 10.1 Å². The van der Waals surface area contributed by atoms with Gasteiger partial charge in [0.05, 0.1) is 4.92 Å². The number of para-hydroxylation sites is 1. The van der Waals surface area contributed by atoms with Gasteiger partial charge in [0.1, 0.15) is 11.4 Å². The minimum absolute atomic E-state index is 0.00148. The number of nitrogens with two attached hydrogens (primary N) is 1. The van der Waals surface area contributed by atoms with E-state index < -0.39 is 4.92 Å². The summed E-state index contributed by atoms with van der Waals surface area (Å²) in [5.74, 6) is 5.27. The van der Waals surface area contributed by atoms with Crippen molar-refractivity contribution in [3.63, 3.8) is 0 Å². The molecule has 1 aromatic carbocycles. The summed E-state index contributed by atoms with van der Waals surface area (Å²) in [4.78, 5) is 21.6. The number of anilines is 2. The molecule has 0 spiro atoms. The molecule has 1 atom stereocenters. The van der Waals surface area contributed by atoms with Crippen molar-refractivity contribution in [2.75, 3.05) is 17.3 Å². The lowest BCUT2D eigenvalue weighted by Gasteiger charge is -2.13. The predicted molar refractivity (Wildman–Crippen MR) is 70.6 cm³/mol. The van der Waals surface area contributed by atoms with Gasteiger partial charge in [-0.05, 0) is 18.6 Å². The van der Waals surface area contributed by atoms with E-state index >= 15 is 0 Å². The zero-order valence-electron chi connectivity index (χ0n) is 10.2. The van der Waals surface area contributed by atoms with E-state index in [0.717, 1.165) is 6.42 Å². The molecule has 5 N–H and O–H groups in total. The number of nitrogen functional groups attached to an aromatic ring is 1. The largest absolute Gasteiger partial charge is 0.377 e. The van der Waals surface area contributed by atoms with Crippen LogP contribution in [0.4, 0.5) is 17.1 Å². The van der Waals surface area contributed by atoms with Crippen LogP contribution in [-0.4, -0.2) is 23.4 Å². The molecule has 1 aromatic rings. The van der Waals surface area contributed by atoms with E-state index in [1.807, 2.05) is 0 Å². The van der Waals surface area contributed by atoms with E-state index in [2.05, 4.69) is 16.1 Å². The Hall–Kier alpha value is -2.35. The van der Waals surface area contributed by atoms with E-state index in [4.69, 9.17) is 5.84 Å². The third kappa shape index (κ3) is 2.91. The first kappa shape index (κ1) is 13.1. The zero-order chi connectivity index (χ0) is 13.8. The molecule has 0 bridgehead atoms. The molecule has 1 fully saturated rings. The Bertz CT molecular complexity index is 505. The lowest BCUT2D eigenvalue weighted by atomic mass is 10.2. The minimum Gasteiger partial charge on any atom is -0.377 e. The fraction of sp³-hybridized carbons (Fsp3) is 0.364. The summed E-state index contributed by atoms with van der Waals surface area (Å²) in [6.07, 6.45) is 1.23. The molecule has 8 heteroatoms. The molecular formula is C11H15N5O3. The number of benzene rings is 1. The number of nitrogens with one attached hydrogen (secondary N) is 3. The lowest BCUT2D eigenvalue weighted by Crippen LogP contribution is -2.32. The van der Waals surface area contributed by atoms with Crippen molar-refractivity contribution in [3.05, 3.63) is 28.3 Å². The highest BCUT2D eigenvalue weighted by molar-refractivity contribution is 5.79. The van der Waals surface area contributed by atoms with Crippen molar-refractivity contribution in [2.24, 2.45) is 5.84 Å². The van der Waals surface area contributed by atoms with Crippen LogP contribution in [0.5, 0.6) is 0 Å². The number of nitrogens with zero attached hydrogens (tertiary/aromatic N) is 1. The molecule has 1 aliphatic heterocycles. The Balaban J connectivity index is 2.11. The Labute approximate surface area is 109 Å². The highest BCUT2D eigenvalue weighted by Gasteiger charge is 2.23. The third-order valence-corrected chi connectivity index (χ3v) is 3.00. The second-order valence-electron chi connectivity index (χ2n) is 4.29. The van der Waals surface area contributed by atoms with Gasteiger partial charge in [0.15, 0.2) is 0 Å². The fourth-order valence-electron chi connectivity index (χ4n) is 2.06. The molecule has 102 valence electrons. The first-order valence-electron chi connectivity index (χ1n) is 5.89. The lowest BCUT2D eigenvalue weighted by molar-refractivity contribution is -0.383. The second kappa shape index (κ2) is 5.53. The van der Waals surface area contributed by atoms with Crippen LogP contribution in [0.1, 0.15) is 12.8 Å². The first-order chi connectivity index (χ1) is 9.11. The van der Waals surface area contributed by atoms with E-state index in [0.29, 0.717) is 18.7 Å². The number of nitro groups is 1. The number of hydrogen-bond donors (Lipinski definition) is 4. The smallest absolute Gasteiger partial charge is 0.316 e. The maximum Gasteiger partial charge on any atom is 0.316 e. The summed E-state index contributed by atoms with van der Waals surface area (Å²) in [6.45, 7) is 0.445. The van der Waals surface area contributed by atoms with Gasteiger partial charge < -0.3 is 16.1 Å². The number of hydrazine groups is 1. The minimum atomic E-state index is -0.495. The summed E-state index contributed by atoms with van der Waals surface area (Å²) in [5, 5.41) is 16.8. The molecule has 8 nitrogen and oxygen atoms in total. The third-order valence-electron chi connectivity index (χ3n) is 3.00. The van der Waals surface area contributed by atoms with Gasteiger partial charge in [-0.15, -0.1) is 0 Å². The highest BCUT2D eigenvalue weighted by Crippen LogP contribution is 2.32. The normalized spacial score (nSPS) is 17.9. The average molecular weight is 265 g/mol. The topological polar surface area (TPSA) is 122 Å². The maximum absolute atomic E-state index is 11.1. The van der Waals surface area contributed by atoms with Crippen LogP contribution in [0.3, 0.4) is 0 Å². The van der Waals surface area contributed by atoms with Gasteiger partial charge in [0.25, 0.3) is 0 Å². The van der Waals surface area contributed by atoms with Crippen LogP contribution in [-0.2, 0) is 4.79 Å². The fourth-order valence-corrected chi connectivity index (χ4v) is 2.06. The summed E-state index contributed by atoms with van der Waals surface area (Å²) in [5.41, 5.74) is 2.82. The molecule has 1 amide bonds. The molecule has 0 radical (unpaired) electrons. The molecular weight excluding hydrogens is 250 g/mol. The monoisotopic (exact) mass is 265 g/mol. The number of carbonyl (C=O) groups is 1. The van der Waals surface area contributed by atoms with Crippen LogP contribution in [0.2, 0.25) is 0 Å². The second-order valence-corrected chi connectivity index (χ2v) is 4.29. The quantitative estimate of drug-likeness (QED) is 0.351.